The maximum absolute atomic E-state index is 11.2. The Morgan fingerprint density at radius 2 is 1.89 bits per heavy atom. The highest BCUT2D eigenvalue weighted by molar-refractivity contribution is 9.10. The summed E-state index contributed by atoms with van der Waals surface area (Å²) in [6.45, 7) is 9.99. The smallest absolute Gasteiger partial charge is 0.221 e. The van der Waals surface area contributed by atoms with E-state index in [-0.39, 0.29) is 11.4 Å². The van der Waals surface area contributed by atoms with E-state index in [0.717, 1.165) is 23.2 Å². The van der Waals surface area contributed by atoms with Crippen LogP contribution in [0, 0.1) is 0 Å². The number of halogens is 1. The molecule has 98 valence electrons. The van der Waals surface area contributed by atoms with Gasteiger partial charge in [-0.15, -0.1) is 0 Å². The monoisotopic (exact) mass is 310 g/mol. The molecule has 0 saturated heterocycles. The van der Waals surface area contributed by atoms with Crippen LogP contribution in [0.1, 0.15) is 38.8 Å². The fourth-order valence-corrected chi connectivity index (χ4v) is 2.73. The molecule has 1 aromatic rings. The van der Waals surface area contributed by atoms with Gasteiger partial charge in [-0.05, 0) is 44.0 Å². The standard InChI is InChI=1S/C14H19BrN2O/c1-9(18)16-13-6-5-12(15)10-7-17(8-11(10)13)14(2,3)4/h5-6H,7-8H2,1-4H3,(H,16,18). The second-order valence-electron chi connectivity index (χ2n) is 5.76. The maximum Gasteiger partial charge on any atom is 0.221 e. The predicted octanol–water partition coefficient (Wildman–Crippen LogP) is 3.52. The van der Waals surface area contributed by atoms with Crippen molar-refractivity contribution in [3.05, 3.63) is 27.7 Å². The number of fused-ring (bicyclic) bond motifs is 1. The number of nitrogens with one attached hydrogen (secondary N) is 1. The first kappa shape index (κ1) is 13.6. The van der Waals surface area contributed by atoms with Crippen LogP contribution in [0.2, 0.25) is 0 Å². The lowest BCUT2D eigenvalue weighted by atomic mass is 10.1. The van der Waals surface area contributed by atoms with Crippen LogP contribution < -0.4 is 5.32 Å². The summed E-state index contributed by atoms with van der Waals surface area (Å²) in [7, 11) is 0. The van der Waals surface area contributed by atoms with Crippen molar-refractivity contribution >= 4 is 27.5 Å². The molecule has 3 nitrogen and oxygen atoms in total. The second-order valence-corrected chi connectivity index (χ2v) is 6.61. The van der Waals surface area contributed by atoms with Gasteiger partial charge in [0.25, 0.3) is 0 Å². The number of hydrogen-bond donors (Lipinski definition) is 1. The lowest BCUT2D eigenvalue weighted by Gasteiger charge is -2.31. The molecule has 1 heterocycles. The minimum Gasteiger partial charge on any atom is -0.326 e. The molecule has 0 atom stereocenters. The van der Waals surface area contributed by atoms with E-state index in [9.17, 15) is 4.79 Å². The molecule has 0 unspecified atom stereocenters. The number of carbonyl (C=O) groups excluding carboxylic acids is 1. The van der Waals surface area contributed by atoms with E-state index in [4.69, 9.17) is 0 Å². The van der Waals surface area contributed by atoms with Crippen molar-refractivity contribution in [2.75, 3.05) is 5.32 Å². The van der Waals surface area contributed by atoms with Crippen molar-refractivity contribution in [3.8, 4) is 0 Å². The number of hydrogen-bond acceptors (Lipinski definition) is 2. The van der Waals surface area contributed by atoms with Gasteiger partial charge >= 0.3 is 0 Å². The van der Waals surface area contributed by atoms with Crippen LogP contribution in [0.4, 0.5) is 5.69 Å². The van der Waals surface area contributed by atoms with Crippen molar-refractivity contribution in [2.45, 2.75) is 46.3 Å². The van der Waals surface area contributed by atoms with Crippen LogP contribution in [0.25, 0.3) is 0 Å². The van der Waals surface area contributed by atoms with Crippen molar-refractivity contribution in [2.24, 2.45) is 0 Å². The Bertz CT molecular complexity index is 491. The van der Waals surface area contributed by atoms with Gasteiger partial charge in [0.15, 0.2) is 0 Å². The van der Waals surface area contributed by atoms with Crippen molar-refractivity contribution in [3.63, 3.8) is 0 Å². The van der Waals surface area contributed by atoms with Gasteiger partial charge in [-0.2, -0.15) is 0 Å². The van der Waals surface area contributed by atoms with Crippen molar-refractivity contribution in [1.82, 2.24) is 4.90 Å². The molecular formula is C14H19BrN2O. The van der Waals surface area contributed by atoms with Gasteiger partial charge in [-0.3, -0.25) is 9.69 Å². The minimum absolute atomic E-state index is 0.0197. The Morgan fingerprint density at radius 3 is 2.44 bits per heavy atom. The highest BCUT2D eigenvalue weighted by Gasteiger charge is 2.30. The van der Waals surface area contributed by atoms with Gasteiger partial charge in [0.2, 0.25) is 5.91 Å². The summed E-state index contributed by atoms with van der Waals surface area (Å²) in [6, 6.07) is 3.98. The van der Waals surface area contributed by atoms with Crippen LogP contribution >= 0.6 is 15.9 Å². The summed E-state index contributed by atoms with van der Waals surface area (Å²) in [4.78, 5) is 13.7. The molecule has 2 rings (SSSR count). The van der Waals surface area contributed by atoms with Crippen LogP contribution in [-0.2, 0) is 17.9 Å². The first-order valence-electron chi connectivity index (χ1n) is 6.12. The van der Waals surface area contributed by atoms with Crippen LogP contribution in [0.3, 0.4) is 0 Å². The van der Waals surface area contributed by atoms with Gasteiger partial charge in [0, 0.05) is 35.7 Å². The fraction of sp³-hybridized carbons (Fsp3) is 0.500. The lowest BCUT2D eigenvalue weighted by molar-refractivity contribution is -0.114. The van der Waals surface area contributed by atoms with Gasteiger partial charge < -0.3 is 5.32 Å². The predicted molar refractivity (Wildman–Crippen MR) is 77.4 cm³/mol. The largest absolute Gasteiger partial charge is 0.326 e. The second kappa shape index (κ2) is 4.67. The SMILES string of the molecule is CC(=O)Nc1ccc(Br)c2c1CN(C(C)(C)C)C2. The lowest BCUT2D eigenvalue weighted by Crippen LogP contribution is -2.36. The third kappa shape index (κ3) is 2.59. The summed E-state index contributed by atoms with van der Waals surface area (Å²) >= 11 is 3.60. The number of rotatable bonds is 1. The van der Waals surface area contributed by atoms with Crippen molar-refractivity contribution < 1.29 is 4.79 Å². The molecule has 1 amide bonds. The number of nitrogens with zero attached hydrogens (tertiary/aromatic N) is 1. The molecule has 0 aliphatic carbocycles. The zero-order valence-electron chi connectivity index (χ0n) is 11.3. The zero-order chi connectivity index (χ0) is 13.5. The first-order chi connectivity index (χ1) is 8.29. The summed E-state index contributed by atoms with van der Waals surface area (Å²) in [5.41, 5.74) is 3.59. The Labute approximate surface area is 117 Å². The number of carbonyl (C=O) groups is 1. The summed E-state index contributed by atoms with van der Waals surface area (Å²) in [5.74, 6) is -0.0197. The van der Waals surface area contributed by atoms with Gasteiger partial charge in [0.1, 0.15) is 0 Å². The molecule has 0 spiro atoms. The molecule has 1 N–H and O–H groups in total. The van der Waals surface area contributed by atoms with E-state index in [1.165, 1.54) is 11.1 Å². The van der Waals surface area contributed by atoms with E-state index < -0.39 is 0 Å². The van der Waals surface area contributed by atoms with Crippen LogP contribution in [-0.4, -0.2) is 16.3 Å². The summed E-state index contributed by atoms with van der Waals surface area (Å²) in [6.07, 6.45) is 0. The van der Waals surface area contributed by atoms with E-state index in [1.54, 1.807) is 6.92 Å². The molecule has 18 heavy (non-hydrogen) atoms. The van der Waals surface area contributed by atoms with Crippen molar-refractivity contribution in [1.29, 1.82) is 0 Å². The van der Waals surface area contributed by atoms with E-state index in [2.05, 4.69) is 46.9 Å². The van der Waals surface area contributed by atoms with E-state index in [1.807, 2.05) is 12.1 Å². The molecule has 1 aliphatic heterocycles. The van der Waals surface area contributed by atoms with Crippen LogP contribution in [0.15, 0.2) is 16.6 Å². The number of amides is 1. The fourth-order valence-electron chi connectivity index (χ4n) is 2.23. The highest BCUT2D eigenvalue weighted by atomic mass is 79.9. The molecule has 0 saturated carbocycles. The minimum atomic E-state index is -0.0197. The molecule has 1 aliphatic rings. The summed E-state index contributed by atoms with van der Waals surface area (Å²) in [5, 5.41) is 2.92. The van der Waals surface area contributed by atoms with Gasteiger partial charge in [0.05, 0.1) is 0 Å². The molecule has 0 radical (unpaired) electrons. The number of benzene rings is 1. The zero-order valence-corrected chi connectivity index (χ0v) is 12.9. The Morgan fingerprint density at radius 1 is 1.28 bits per heavy atom. The molecule has 0 bridgehead atoms. The summed E-state index contributed by atoms with van der Waals surface area (Å²) < 4.78 is 1.12. The quantitative estimate of drug-likeness (QED) is 0.860. The van der Waals surface area contributed by atoms with Gasteiger partial charge in [-0.25, -0.2) is 0 Å². The molecular weight excluding hydrogens is 292 g/mol. The normalized spacial score (nSPS) is 15.6. The Kier molecular flexibility index (Phi) is 3.52. The highest BCUT2D eigenvalue weighted by Crippen LogP contribution is 2.37. The first-order valence-corrected chi connectivity index (χ1v) is 6.91. The molecule has 1 aromatic carbocycles. The third-order valence-corrected chi connectivity index (χ3v) is 4.07. The van der Waals surface area contributed by atoms with E-state index in [0.29, 0.717) is 0 Å². The van der Waals surface area contributed by atoms with Crippen LogP contribution in [0.5, 0.6) is 0 Å². The Hall–Kier alpha value is -0.870. The average molecular weight is 311 g/mol. The number of anilines is 1. The van der Waals surface area contributed by atoms with E-state index >= 15 is 0 Å². The molecule has 4 heteroatoms. The van der Waals surface area contributed by atoms with Gasteiger partial charge in [-0.1, -0.05) is 15.9 Å². The maximum atomic E-state index is 11.2. The average Bonchev–Trinajstić information content (AvgIpc) is 2.66. The topological polar surface area (TPSA) is 32.3 Å². The molecule has 0 aromatic heterocycles. The Balaban J connectivity index is 2.38. The third-order valence-electron chi connectivity index (χ3n) is 3.33. The molecule has 0 fully saturated rings.